The van der Waals surface area contributed by atoms with Gasteiger partial charge < -0.3 is 35.6 Å². The van der Waals surface area contributed by atoms with Crippen LogP contribution in [0.25, 0.3) is 0 Å². The Morgan fingerprint density at radius 2 is 1.75 bits per heavy atom. The Labute approximate surface area is 255 Å². The van der Waals surface area contributed by atoms with Crippen LogP contribution in [0.2, 0.25) is 0 Å². The van der Waals surface area contributed by atoms with Crippen LogP contribution in [-0.2, 0) is 19.1 Å². The lowest BCUT2D eigenvalue weighted by Gasteiger charge is -2.29. The number of aliphatic hydroxyl groups is 1. The Morgan fingerprint density at radius 1 is 1.07 bits per heavy atom. The van der Waals surface area contributed by atoms with Gasteiger partial charge in [0.2, 0.25) is 5.91 Å². The number of non-ortho nitro benzene ring substituents is 1. The van der Waals surface area contributed by atoms with E-state index in [2.05, 4.69) is 16.0 Å². The molecule has 0 saturated heterocycles. The molecule has 2 aromatic rings. The molecule has 1 aliphatic heterocycles. The summed E-state index contributed by atoms with van der Waals surface area (Å²) < 4.78 is 11.0. The predicted molar refractivity (Wildman–Crippen MR) is 162 cm³/mol. The van der Waals surface area contributed by atoms with E-state index in [4.69, 9.17) is 9.47 Å². The molecule has 3 rings (SSSR count). The highest BCUT2D eigenvalue weighted by atomic mass is 16.6. The average Bonchev–Trinajstić information content (AvgIpc) is 2.97. The fourth-order valence-corrected chi connectivity index (χ4v) is 4.66. The summed E-state index contributed by atoms with van der Waals surface area (Å²) in [5.41, 5.74) is 1.12. The fourth-order valence-electron chi connectivity index (χ4n) is 4.66. The molecule has 0 radical (unpaired) electrons. The van der Waals surface area contributed by atoms with Gasteiger partial charge in [0.25, 0.3) is 5.69 Å². The number of benzene rings is 2. The molecular weight excluding hydrogens is 572 g/mol. The van der Waals surface area contributed by atoms with E-state index in [0.29, 0.717) is 29.4 Å². The van der Waals surface area contributed by atoms with Crippen LogP contribution >= 0.6 is 0 Å². The molecule has 2 aromatic carbocycles. The number of carbonyl (C=O) groups excluding carboxylic acids is 2. The zero-order chi connectivity index (χ0) is 32.4. The predicted octanol–water partition coefficient (Wildman–Crippen LogP) is 3.61. The van der Waals surface area contributed by atoms with E-state index in [1.807, 2.05) is 13.8 Å². The summed E-state index contributed by atoms with van der Waals surface area (Å²) in [6.07, 6.45) is -0.418. The average molecular weight is 611 g/mol. The largest absolute Gasteiger partial charge is 0.491 e. The highest BCUT2D eigenvalue weighted by Crippen LogP contribution is 2.39. The van der Waals surface area contributed by atoms with Gasteiger partial charge in [0, 0.05) is 48.2 Å². The first-order valence-electron chi connectivity index (χ1n) is 14.1. The van der Waals surface area contributed by atoms with Gasteiger partial charge in [0.1, 0.15) is 18.5 Å². The highest BCUT2D eigenvalue weighted by Gasteiger charge is 2.37. The van der Waals surface area contributed by atoms with Gasteiger partial charge in [-0.1, -0.05) is 26.0 Å². The molecule has 1 heterocycles. The van der Waals surface area contributed by atoms with Gasteiger partial charge >= 0.3 is 11.9 Å². The zero-order valence-corrected chi connectivity index (χ0v) is 25.1. The molecule has 0 aromatic heterocycles. The van der Waals surface area contributed by atoms with E-state index in [9.17, 15) is 34.7 Å². The minimum Gasteiger partial charge on any atom is -0.491 e. The minimum absolute atomic E-state index is 0.0176. The number of esters is 1. The van der Waals surface area contributed by atoms with Crippen molar-refractivity contribution in [3.63, 3.8) is 0 Å². The van der Waals surface area contributed by atoms with Crippen LogP contribution in [0.15, 0.2) is 71.1 Å². The Kier molecular flexibility index (Phi) is 12.0. The van der Waals surface area contributed by atoms with Gasteiger partial charge in [0.05, 0.1) is 28.6 Å². The highest BCUT2D eigenvalue weighted by molar-refractivity contribution is 5.99. The number of amides is 1. The van der Waals surface area contributed by atoms with E-state index >= 15 is 0 Å². The van der Waals surface area contributed by atoms with Crippen LogP contribution in [-0.4, -0.2) is 64.9 Å². The number of aliphatic carboxylic acids is 1. The van der Waals surface area contributed by atoms with Gasteiger partial charge in [0.15, 0.2) is 0 Å². The topological polar surface area (TPSA) is 189 Å². The fraction of sp³-hybridized carbons (Fsp3) is 0.387. The van der Waals surface area contributed by atoms with E-state index in [1.54, 1.807) is 38.1 Å². The number of dihydropyridines is 1. The molecule has 0 fully saturated rings. The van der Waals surface area contributed by atoms with Crippen LogP contribution in [0.5, 0.6) is 5.75 Å². The van der Waals surface area contributed by atoms with E-state index < -0.39 is 28.9 Å². The normalized spacial score (nSPS) is 15.5. The van der Waals surface area contributed by atoms with Gasteiger partial charge in [-0.15, -0.1) is 0 Å². The number of hydrogen-bond acceptors (Lipinski definition) is 10. The van der Waals surface area contributed by atoms with Crippen LogP contribution in [0.1, 0.15) is 52.0 Å². The molecule has 13 heteroatoms. The lowest BCUT2D eigenvalue weighted by atomic mass is 9.80. The molecule has 0 spiro atoms. The molecule has 236 valence electrons. The SMILES string of the molecule is CC1=C(C(=O)O)C(c2cccc([N+](=O)[O-])c2)C(C(=O)OCCCC(=O)Nc2ccc(OCC(O)CNC(C)C)cc2)=C(C)N1. The number of nitrogens with one attached hydrogen (secondary N) is 3. The molecular formula is C31H38N4O9. The number of ether oxygens (including phenoxy) is 2. The summed E-state index contributed by atoms with van der Waals surface area (Å²) in [5.74, 6) is -2.94. The number of carbonyl (C=O) groups is 3. The number of carboxylic acids is 1. The lowest BCUT2D eigenvalue weighted by Crippen LogP contribution is -2.35. The number of anilines is 1. The maximum absolute atomic E-state index is 13.2. The molecule has 0 aliphatic carbocycles. The van der Waals surface area contributed by atoms with Gasteiger partial charge in [-0.25, -0.2) is 9.59 Å². The third-order valence-electron chi connectivity index (χ3n) is 6.75. The number of nitrogens with zero attached hydrogens (tertiary/aromatic N) is 1. The first-order chi connectivity index (χ1) is 20.9. The summed E-state index contributed by atoms with van der Waals surface area (Å²) >= 11 is 0. The van der Waals surface area contributed by atoms with E-state index in [1.165, 1.54) is 24.3 Å². The Balaban J connectivity index is 1.55. The van der Waals surface area contributed by atoms with Gasteiger partial charge in [-0.2, -0.15) is 0 Å². The molecule has 5 N–H and O–H groups in total. The van der Waals surface area contributed by atoms with Crippen LogP contribution in [0.3, 0.4) is 0 Å². The van der Waals surface area contributed by atoms with Gasteiger partial charge in [-0.3, -0.25) is 14.9 Å². The molecule has 2 unspecified atom stereocenters. The minimum atomic E-state index is -1.28. The first-order valence-corrected chi connectivity index (χ1v) is 14.1. The maximum Gasteiger partial charge on any atom is 0.336 e. The Bertz CT molecular complexity index is 1430. The van der Waals surface area contributed by atoms with Crippen molar-refractivity contribution in [1.29, 1.82) is 0 Å². The third-order valence-corrected chi connectivity index (χ3v) is 6.75. The third kappa shape index (κ3) is 9.38. The molecule has 2 atom stereocenters. The second kappa shape index (κ2) is 15.6. The summed E-state index contributed by atoms with van der Waals surface area (Å²) in [4.78, 5) is 48.6. The quantitative estimate of drug-likeness (QED) is 0.0857. The Morgan fingerprint density at radius 3 is 2.39 bits per heavy atom. The van der Waals surface area contributed by atoms with Crippen molar-refractivity contribution in [2.75, 3.05) is 25.1 Å². The lowest BCUT2D eigenvalue weighted by molar-refractivity contribution is -0.384. The second-order valence-corrected chi connectivity index (χ2v) is 10.6. The number of rotatable bonds is 15. The molecule has 1 amide bonds. The van der Waals surface area contributed by atoms with Crippen molar-refractivity contribution in [2.45, 2.75) is 58.6 Å². The van der Waals surface area contributed by atoms with Crippen molar-refractivity contribution in [2.24, 2.45) is 0 Å². The van der Waals surface area contributed by atoms with Crippen molar-refractivity contribution in [3.8, 4) is 5.75 Å². The number of carboxylic acid groups (broad SMARTS) is 1. The zero-order valence-electron chi connectivity index (χ0n) is 25.1. The summed E-state index contributed by atoms with van der Waals surface area (Å²) in [6.45, 7) is 7.53. The van der Waals surface area contributed by atoms with E-state index in [0.717, 1.165) is 0 Å². The smallest absolute Gasteiger partial charge is 0.336 e. The van der Waals surface area contributed by atoms with Crippen molar-refractivity contribution in [3.05, 3.63) is 86.7 Å². The standard InChI is InChI=1S/C31H38N4O9/c1-18(2)32-16-24(36)17-44-25-12-10-22(11-13-25)34-26(37)9-6-14-43-31(40)28-20(4)33-19(3)27(30(38)39)29(28)21-7-5-8-23(15-21)35(41)42/h5,7-8,10-13,15,18,24,29,32-33,36H,6,9,14,16-17H2,1-4H3,(H,34,37)(H,38,39). The summed E-state index contributed by atoms with van der Waals surface area (Å²) in [6, 6.07) is 12.4. The number of nitro benzene ring substituents is 1. The maximum atomic E-state index is 13.2. The number of hydrogen-bond donors (Lipinski definition) is 5. The van der Waals surface area contributed by atoms with Crippen LogP contribution < -0.4 is 20.7 Å². The Hall–Kier alpha value is -4.75. The van der Waals surface area contributed by atoms with E-state index in [-0.39, 0.29) is 60.4 Å². The van der Waals surface area contributed by atoms with Crippen LogP contribution in [0, 0.1) is 10.1 Å². The monoisotopic (exact) mass is 610 g/mol. The molecule has 44 heavy (non-hydrogen) atoms. The molecule has 13 nitrogen and oxygen atoms in total. The van der Waals surface area contributed by atoms with Crippen molar-refractivity contribution < 1.29 is 39.0 Å². The molecule has 0 saturated carbocycles. The number of allylic oxidation sites excluding steroid dienone is 2. The first kappa shape index (κ1) is 33.7. The van der Waals surface area contributed by atoms with Crippen LogP contribution in [0.4, 0.5) is 11.4 Å². The summed E-state index contributed by atoms with van der Waals surface area (Å²) in [7, 11) is 0. The number of nitro groups is 1. The summed E-state index contributed by atoms with van der Waals surface area (Å²) in [5, 5.41) is 40.0. The van der Waals surface area contributed by atoms with Crippen molar-refractivity contribution in [1.82, 2.24) is 10.6 Å². The second-order valence-electron chi connectivity index (χ2n) is 10.6. The molecule has 0 bridgehead atoms. The molecule has 1 aliphatic rings. The van der Waals surface area contributed by atoms with Gasteiger partial charge in [-0.05, 0) is 50.1 Å². The van der Waals surface area contributed by atoms with Crippen molar-refractivity contribution >= 4 is 29.2 Å². The number of aliphatic hydroxyl groups excluding tert-OH is 1.